The van der Waals surface area contributed by atoms with E-state index in [9.17, 15) is 9.90 Å². The minimum absolute atomic E-state index is 0.0722. The predicted octanol–water partition coefficient (Wildman–Crippen LogP) is 4.41. The summed E-state index contributed by atoms with van der Waals surface area (Å²) in [5.41, 5.74) is 3.99. The van der Waals surface area contributed by atoms with Gasteiger partial charge in [-0.15, -0.1) is 0 Å². The van der Waals surface area contributed by atoms with E-state index in [1.54, 1.807) is 17.0 Å². The summed E-state index contributed by atoms with van der Waals surface area (Å²) in [5.74, 6) is 0.208. The van der Waals surface area contributed by atoms with Crippen LogP contribution in [0.3, 0.4) is 0 Å². The second kappa shape index (κ2) is 9.90. The first kappa shape index (κ1) is 22.5. The second-order valence-electron chi connectivity index (χ2n) is 8.24. The number of hydrogen-bond donors (Lipinski definition) is 1. The van der Waals surface area contributed by atoms with Gasteiger partial charge in [0.2, 0.25) is 0 Å². The smallest absolute Gasteiger partial charge is 0.260 e. The molecule has 2 heterocycles. The first-order valence-electron chi connectivity index (χ1n) is 11.3. The van der Waals surface area contributed by atoms with Gasteiger partial charge in [-0.05, 0) is 28.8 Å². The molecule has 5 rings (SSSR count). The molecule has 1 fully saturated rings. The SMILES string of the molecule is CON=C1CC(c2noc(C(O)c3ccccc3)n2)N(C(=O)c2ccc(-c3ccccc3)cc2)C1. The van der Waals surface area contributed by atoms with Crippen molar-refractivity contribution in [3.05, 3.63) is 108 Å². The zero-order valence-electron chi connectivity index (χ0n) is 19.1. The second-order valence-corrected chi connectivity index (χ2v) is 8.24. The highest BCUT2D eigenvalue weighted by Gasteiger charge is 2.38. The summed E-state index contributed by atoms with van der Waals surface area (Å²) in [5, 5.41) is 18.8. The van der Waals surface area contributed by atoms with Crippen molar-refractivity contribution < 1.29 is 19.3 Å². The monoisotopic (exact) mass is 468 g/mol. The van der Waals surface area contributed by atoms with Crippen molar-refractivity contribution in [1.82, 2.24) is 15.0 Å². The van der Waals surface area contributed by atoms with Gasteiger partial charge in [-0.25, -0.2) is 0 Å². The van der Waals surface area contributed by atoms with Crippen LogP contribution in [0.1, 0.15) is 46.2 Å². The van der Waals surface area contributed by atoms with E-state index in [-0.39, 0.29) is 18.3 Å². The average Bonchev–Trinajstić information content (AvgIpc) is 3.57. The maximum Gasteiger partial charge on any atom is 0.260 e. The summed E-state index contributed by atoms with van der Waals surface area (Å²) in [4.78, 5) is 24.5. The highest BCUT2D eigenvalue weighted by molar-refractivity contribution is 6.00. The van der Waals surface area contributed by atoms with Crippen LogP contribution in [0.15, 0.2) is 94.6 Å². The highest BCUT2D eigenvalue weighted by atomic mass is 16.6. The van der Waals surface area contributed by atoms with E-state index < -0.39 is 12.1 Å². The Balaban J connectivity index is 1.40. The third-order valence-electron chi connectivity index (χ3n) is 5.98. The Hall–Kier alpha value is -4.30. The maximum absolute atomic E-state index is 13.5. The molecule has 1 aromatic heterocycles. The molecule has 1 amide bonds. The number of oxime groups is 1. The molecule has 2 unspecified atom stereocenters. The Labute approximate surface area is 202 Å². The van der Waals surface area contributed by atoms with Crippen LogP contribution in [0.2, 0.25) is 0 Å². The van der Waals surface area contributed by atoms with Gasteiger partial charge in [0.05, 0.1) is 12.3 Å². The van der Waals surface area contributed by atoms with Gasteiger partial charge in [0.1, 0.15) is 13.2 Å². The molecular formula is C27H24N4O4. The molecule has 0 saturated carbocycles. The summed E-state index contributed by atoms with van der Waals surface area (Å²) in [7, 11) is 1.47. The molecule has 1 aliphatic rings. The summed E-state index contributed by atoms with van der Waals surface area (Å²) in [6.45, 7) is 0.281. The van der Waals surface area contributed by atoms with E-state index in [0.29, 0.717) is 29.1 Å². The fourth-order valence-corrected chi connectivity index (χ4v) is 4.22. The van der Waals surface area contributed by atoms with Crippen molar-refractivity contribution in [2.75, 3.05) is 13.7 Å². The van der Waals surface area contributed by atoms with Crippen LogP contribution < -0.4 is 0 Å². The first-order chi connectivity index (χ1) is 17.1. The van der Waals surface area contributed by atoms with E-state index >= 15 is 0 Å². The van der Waals surface area contributed by atoms with Crippen LogP contribution in [-0.4, -0.2) is 45.4 Å². The molecule has 3 aromatic carbocycles. The van der Waals surface area contributed by atoms with Crippen LogP contribution in [0.25, 0.3) is 11.1 Å². The molecule has 8 heteroatoms. The van der Waals surface area contributed by atoms with Crippen LogP contribution >= 0.6 is 0 Å². The summed E-state index contributed by atoms with van der Waals surface area (Å²) in [6, 6.07) is 26.0. The van der Waals surface area contributed by atoms with Crippen molar-refractivity contribution >= 4 is 11.6 Å². The standard InChI is InChI=1S/C27H24N4O4/c1-34-29-22-16-23(25-28-26(35-30-25)24(32)20-10-6-3-7-11-20)31(17-22)27(33)21-14-12-19(13-15-21)18-8-4-2-5-9-18/h2-15,23-24,32H,16-17H2,1H3. The molecule has 0 aliphatic carbocycles. The topological polar surface area (TPSA) is 101 Å². The van der Waals surface area contributed by atoms with Crippen molar-refractivity contribution in [2.24, 2.45) is 5.16 Å². The number of hydrogen-bond acceptors (Lipinski definition) is 7. The number of aliphatic hydroxyl groups is 1. The fourth-order valence-electron chi connectivity index (χ4n) is 4.22. The number of carbonyl (C=O) groups excluding carboxylic acids is 1. The molecule has 1 saturated heterocycles. The van der Waals surface area contributed by atoms with Crippen LogP contribution in [-0.2, 0) is 4.84 Å². The van der Waals surface area contributed by atoms with Crippen LogP contribution in [0, 0.1) is 0 Å². The molecule has 0 radical (unpaired) electrons. The summed E-state index contributed by atoms with van der Waals surface area (Å²) in [6.07, 6.45) is -0.650. The third-order valence-corrected chi connectivity index (χ3v) is 5.98. The fraction of sp³-hybridized carbons (Fsp3) is 0.185. The average molecular weight is 469 g/mol. The van der Waals surface area contributed by atoms with Crippen LogP contribution in [0.5, 0.6) is 0 Å². The molecule has 0 spiro atoms. The lowest BCUT2D eigenvalue weighted by atomic mass is 10.0. The minimum atomic E-state index is -1.05. The largest absolute Gasteiger partial charge is 0.399 e. The zero-order chi connectivity index (χ0) is 24.2. The van der Waals surface area contributed by atoms with Gasteiger partial charge in [0, 0.05) is 12.0 Å². The Morgan fingerprint density at radius 1 is 1.03 bits per heavy atom. The number of aliphatic hydroxyl groups excluding tert-OH is 1. The van der Waals surface area contributed by atoms with Gasteiger partial charge in [-0.3, -0.25) is 4.79 Å². The molecule has 1 N–H and O–H groups in total. The van der Waals surface area contributed by atoms with E-state index in [4.69, 9.17) is 9.36 Å². The number of benzene rings is 3. The van der Waals surface area contributed by atoms with Crippen LogP contribution in [0.4, 0.5) is 0 Å². The van der Waals surface area contributed by atoms with E-state index in [1.807, 2.05) is 72.8 Å². The molecule has 176 valence electrons. The van der Waals surface area contributed by atoms with Gasteiger partial charge in [0.15, 0.2) is 11.9 Å². The molecule has 0 bridgehead atoms. The predicted molar refractivity (Wildman–Crippen MR) is 130 cm³/mol. The molecule has 4 aromatic rings. The van der Waals surface area contributed by atoms with Crippen molar-refractivity contribution in [2.45, 2.75) is 18.6 Å². The highest BCUT2D eigenvalue weighted by Crippen LogP contribution is 2.32. The molecule has 35 heavy (non-hydrogen) atoms. The van der Waals surface area contributed by atoms with Gasteiger partial charge in [0.25, 0.3) is 11.8 Å². The normalized spacial score (nSPS) is 17.5. The molecule has 8 nitrogen and oxygen atoms in total. The Morgan fingerprint density at radius 2 is 1.69 bits per heavy atom. The van der Waals surface area contributed by atoms with Crippen molar-refractivity contribution in [1.29, 1.82) is 0 Å². The van der Waals surface area contributed by atoms with E-state index in [1.165, 1.54) is 7.11 Å². The van der Waals surface area contributed by atoms with Crippen molar-refractivity contribution in [3.63, 3.8) is 0 Å². The quantitative estimate of drug-likeness (QED) is 0.421. The number of amides is 1. The number of rotatable bonds is 6. The Kier molecular flexibility index (Phi) is 6.36. The van der Waals surface area contributed by atoms with E-state index in [2.05, 4.69) is 15.3 Å². The summed E-state index contributed by atoms with van der Waals surface area (Å²) >= 11 is 0. The third kappa shape index (κ3) is 4.69. The minimum Gasteiger partial charge on any atom is -0.399 e. The number of likely N-dealkylation sites (tertiary alicyclic amines) is 1. The van der Waals surface area contributed by atoms with Gasteiger partial charge >= 0.3 is 0 Å². The van der Waals surface area contributed by atoms with Gasteiger partial charge in [-0.1, -0.05) is 83.1 Å². The Morgan fingerprint density at radius 3 is 2.37 bits per heavy atom. The number of aromatic nitrogens is 2. The molecule has 2 atom stereocenters. The van der Waals surface area contributed by atoms with E-state index in [0.717, 1.165) is 11.1 Å². The lowest BCUT2D eigenvalue weighted by molar-refractivity contribution is 0.0732. The maximum atomic E-state index is 13.5. The lowest BCUT2D eigenvalue weighted by Gasteiger charge is -2.21. The number of carbonyl (C=O) groups is 1. The number of nitrogens with zero attached hydrogens (tertiary/aromatic N) is 4. The molecular weight excluding hydrogens is 444 g/mol. The molecule has 1 aliphatic heterocycles. The zero-order valence-corrected chi connectivity index (χ0v) is 19.1. The van der Waals surface area contributed by atoms with Gasteiger partial charge < -0.3 is 19.4 Å². The lowest BCUT2D eigenvalue weighted by Crippen LogP contribution is -2.31. The Bertz CT molecular complexity index is 1320. The first-order valence-corrected chi connectivity index (χ1v) is 11.3. The van der Waals surface area contributed by atoms with Crippen molar-refractivity contribution in [3.8, 4) is 11.1 Å². The van der Waals surface area contributed by atoms with Gasteiger partial charge in [-0.2, -0.15) is 4.98 Å². The summed E-state index contributed by atoms with van der Waals surface area (Å²) < 4.78 is 5.37.